The number of aromatic nitrogens is 1. The minimum atomic E-state index is -0.467. The van der Waals surface area contributed by atoms with Crippen LogP contribution in [-0.2, 0) is 15.9 Å². The van der Waals surface area contributed by atoms with Crippen molar-refractivity contribution in [1.29, 1.82) is 5.26 Å². The van der Waals surface area contributed by atoms with Gasteiger partial charge in [0.2, 0.25) is 5.89 Å². The van der Waals surface area contributed by atoms with Crippen LogP contribution in [0.1, 0.15) is 50.8 Å². The third kappa shape index (κ3) is 4.20. The van der Waals surface area contributed by atoms with E-state index in [1.807, 2.05) is 71.0 Å². The second-order valence-electron chi connectivity index (χ2n) is 10.8. The quantitative estimate of drug-likeness (QED) is 0.388. The first-order valence-electron chi connectivity index (χ1n) is 12.3. The predicted octanol–water partition coefficient (Wildman–Crippen LogP) is 4.98. The minimum absolute atomic E-state index is 0.420. The van der Waals surface area contributed by atoms with Crippen molar-refractivity contribution < 1.29 is 13.7 Å². The molecule has 0 radical (unpaired) electrons. The molecule has 180 valence electrons. The summed E-state index contributed by atoms with van der Waals surface area (Å²) in [5.74, 6) is 1.03. The van der Waals surface area contributed by atoms with E-state index in [-0.39, 0.29) is 0 Å². The summed E-state index contributed by atoms with van der Waals surface area (Å²) in [6.45, 7) is 17.0. The third-order valence-electron chi connectivity index (χ3n) is 7.83. The van der Waals surface area contributed by atoms with Crippen LogP contribution in [0.4, 0.5) is 0 Å². The van der Waals surface area contributed by atoms with Crippen molar-refractivity contribution in [1.82, 2.24) is 9.88 Å². The van der Waals surface area contributed by atoms with E-state index in [2.05, 4.69) is 17.5 Å². The van der Waals surface area contributed by atoms with Gasteiger partial charge in [-0.2, -0.15) is 5.26 Å². The van der Waals surface area contributed by atoms with Gasteiger partial charge in [-0.05, 0) is 88.3 Å². The maximum atomic E-state index is 9.82. The lowest BCUT2D eigenvalue weighted by molar-refractivity contribution is 0.00578. The molecule has 0 saturated carbocycles. The van der Waals surface area contributed by atoms with Gasteiger partial charge in [0.05, 0.1) is 16.8 Å². The molecule has 3 heterocycles. The summed E-state index contributed by atoms with van der Waals surface area (Å²) in [6.07, 6.45) is 3.16. The lowest BCUT2D eigenvalue weighted by Gasteiger charge is -2.32. The van der Waals surface area contributed by atoms with Crippen molar-refractivity contribution in [2.24, 2.45) is 5.92 Å². The van der Waals surface area contributed by atoms with E-state index >= 15 is 0 Å². The molecule has 7 heteroatoms. The summed E-state index contributed by atoms with van der Waals surface area (Å²) in [5.41, 5.74) is 4.78. The Bertz CT molecular complexity index is 1320. The summed E-state index contributed by atoms with van der Waals surface area (Å²) >= 11 is 0. The number of benzene rings is 2. The predicted molar refractivity (Wildman–Crippen MR) is 138 cm³/mol. The molecule has 1 atom stereocenters. The number of likely N-dealkylation sites (tertiary alicyclic amines) is 1. The van der Waals surface area contributed by atoms with E-state index < -0.39 is 18.3 Å². The molecular weight excluding hydrogens is 437 g/mol. The molecule has 5 rings (SSSR count). The van der Waals surface area contributed by atoms with Crippen LogP contribution in [0.5, 0.6) is 0 Å². The summed E-state index contributed by atoms with van der Waals surface area (Å²) in [5, 5.41) is 9.82. The van der Waals surface area contributed by atoms with Gasteiger partial charge in [-0.25, -0.2) is 4.98 Å². The Morgan fingerprint density at radius 1 is 1.23 bits per heavy atom. The second-order valence-corrected chi connectivity index (χ2v) is 10.8. The zero-order valence-corrected chi connectivity index (χ0v) is 21.2. The molecule has 2 fully saturated rings. The maximum absolute atomic E-state index is 9.82. The highest BCUT2D eigenvalue weighted by molar-refractivity contribution is 6.62. The molecule has 2 saturated heterocycles. The van der Waals surface area contributed by atoms with Crippen molar-refractivity contribution in [2.45, 2.75) is 58.8 Å². The van der Waals surface area contributed by atoms with Crippen molar-refractivity contribution in [3.63, 3.8) is 0 Å². The number of hydrogen-bond acceptors (Lipinski definition) is 6. The standard InChI is InChI=1S/C28H32BN3O3/c1-7-19-11-12-32(16-19)17-20-13-21(15-30)25-24(14-20)31-26(33-25)22-9-8-10-23(18(22)2)29-34-27(3,4)28(5,6)35-29/h7-10,13-14,19H,1,11-12,16-17H2,2-6H3. The average molecular weight is 469 g/mol. The van der Waals surface area contributed by atoms with Gasteiger partial charge in [0.25, 0.3) is 0 Å². The number of nitriles is 1. The smallest absolute Gasteiger partial charge is 0.435 e. The summed E-state index contributed by atoms with van der Waals surface area (Å²) in [4.78, 5) is 7.21. The van der Waals surface area contributed by atoms with E-state index in [1.54, 1.807) is 0 Å². The van der Waals surface area contributed by atoms with E-state index in [0.29, 0.717) is 28.5 Å². The summed E-state index contributed by atoms with van der Waals surface area (Å²) in [7, 11) is -0.467. The van der Waals surface area contributed by atoms with Crippen molar-refractivity contribution in [2.75, 3.05) is 13.1 Å². The van der Waals surface area contributed by atoms with E-state index in [0.717, 1.165) is 48.2 Å². The molecule has 1 aromatic heterocycles. The Balaban J connectivity index is 1.48. The maximum Gasteiger partial charge on any atom is 0.495 e. The van der Waals surface area contributed by atoms with E-state index in [1.165, 1.54) is 0 Å². The molecule has 0 aliphatic carbocycles. The first kappa shape index (κ1) is 23.8. The van der Waals surface area contributed by atoms with Crippen molar-refractivity contribution >= 4 is 23.7 Å². The van der Waals surface area contributed by atoms with Crippen LogP contribution >= 0.6 is 0 Å². The zero-order chi connectivity index (χ0) is 25.0. The van der Waals surface area contributed by atoms with Crippen LogP contribution in [-0.4, -0.2) is 41.3 Å². The largest absolute Gasteiger partial charge is 0.495 e. The highest BCUT2D eigenvalue weighted by Gasteiger charge is 2.52. The molecular formula is C28H32BN3O3. The Hall–Kier alpha value is -2.92. The van der Waals surface area contributed by atoms with E-state index in [9.17, 15) is 5.26 Å². The number of rotatable bonds is 5. The average Bonchev–Trinajstić information content (AvgIpc) is 3.49. The van der Waals surface area contributed by atoms with Gasteiger partial charge in [-0.1, -0.05) is 18.2 Å². The van der Waals surface area contributed by atoms with Gasteiger partial charge in [0.1, 0.15) is 11.6 Å². The van der Waals surface area contributed by atoms with Gasteiger partial charge in [0.15, 0.2) is 5.58 Å². The molecule has 0 amide bonds. The molecule has 2 aliphatic rings. The Labute approximate surface area is 207 Å². The molecule has 0 spiro atoms. The molecule has 35 heavy (non-hydrogen) atoms. The molecule has 6 nitrogen and oxygen atoms in total. The molecule has 2 aliphatic heterocycles. The molecule has 0 N–H and O–H groups in total. The second kappa shape index (κ2) is 8.63. The SMILES string of the molecule is C=CC1CCN(Cc2cc(C#N)c3oc(-c4cccc(B5OC(C)(C)C(C)(C)O5)c4C)nc3c2)C1. The fourth-order valence-electron chi connectivity index (χ4n) is 4.95. The normalized spacial score (nSPS) is 21.5. The lowest BCUT2D eigenvalue weighted by atomic mass is 9.75. The van der Waals surface area contributed by atoms with Gasteiger partial charge < -0.3 is 13.7 Å². The highest BCUT2D eigenvalue weighted by atomic mass is 16.7. The molecule has 3 aromatic rings. The van der Waals surface area contributed by atoms with Gasteiger partial charge in [-0.15, -0.1) is 6.58 Å². The first-order chi connectivity index (χ1) is 16.6. The summed E-state index contributed by atoms with van der Waals surface area (Å²) < 4.78 is 18.7. The Morgan fingerprint density at radius 3 is 2.63 bits per heavy atom. The van der Waals surface area contributed by atoms with Crippen molar-refractivity contribution in [3.05, 3.63) is 59.7 Å². The lowest BCUT2D eigenvalue weighted by Crippen LogP contribution is -2.41. The number of fused-ring (bicyclic) bond motifs is 1. The Kier molecular flexibility index (Phi) is 5.87. The third-order valence-corrected chi connectivity index (χ3v) is 7.83. The van der Waals surface area contributed by atoms with E-state index in [4.69, 9.17) is 18.7 Å². The van der Waals surface area contributed by atoms with Gasteiger partial charge in [0, 0.05) is 18.7 Å². The molecule has 2 aromatic carbocycles. The van der Waals surface area contributed by atoms with Crippen LogP contribution in [0.15, 0.2) is 47.4 Å². The Morgan fingerprint density at radius 2 is 1.97 bits per heavy atom. The number of nitrogens with zero attached hydrogens (tertiary/aromatic N) is 3. The van der Waals surface area contributed by atoms with Crippen LogP contribution < -0.4 is 5.46 Å². The summed E-state index contributed by atoms with van der Waals surface area (Å²) in [6, 6.07) is 12.2. The van der Waals surface area contributed by atoms with Crippen LogP contribution in [0.25, 0.3) is 22.6 Å². The highest BCUT2D eigenvalue weighted by Crippen LogP contribution is 2.37. The van der Waals surface area contributed by atoms with Gasteiger partial charge in [-0.3, -0.25) is 4.90 Å². The monoisotopic (exact) mass is 469 g/mol. The first-order valence-corrected chi connectivity index (χ1v) is 12.3. The molecule has 1 unspecified atom stereocenters. The zero-order valence-electron chi connectivity index (χ0n) is 21.2. The fraction of sp³-hybridized carbons (Fsp3) is 0.429. The fourth-order valence-corrected chi connectivity index (χ4v) is 4.95. The number of hydrogen-bond donors (Lipinski definition) is 0. The molecule has 0 bridgehead atoms. The number of oxazole rings is 1. The van der Waals surface area contributed by atoms with Crippen LogP contribution in [0, 0.1) is 24.2 Å². The van der Waals surface area contributed by atoms with Crippen LogP contribution in [0.2, 0.25) is 0 Å². The van der Waals surface area contributed by atoms with Crippen LogP contribution in [0.3, 0.4) is 0 Å². The minimum Gasteiger partial charge on any atom is -0.435 e. The van der Waals surface area contributed by atoms with Crippen molar-refractivity contribution in [3.8, 4) is 17.5 Å². The topological polar surface area (TPSA) is 71.5 Å². The van der Waals surface area contributed by atoms with Gasteiger partial charge >= 0.3 is 7.12 Å².